The van der Waals surface area contributed by atoms with Crippen molar-refractivity contribution in [3.05, 3.63) is 0 Å². The van der Waals surface area contributed by atoms with E-state index in [-0.39, 0.29) is 12.8 Å². The highest BCUT2D eigenvalue weighted by Gasteiger charge is 2.34. The van der Waals surface area contributed by atoms with Gasteiger partial charge in [0.15, 0.2) is 0 Å². The number of primary amides is 2. The molecule has 1 aliphatic rings. The quantitative estimate of drug-likeness (QED) is 0.399. The summed E-state index contributed by atoms with van der Waals surface area (Å²) < 4.78 is 0. The molecule has 8 heteroatoms. The zero-order valence-electron chi connectivity index (χ0n) is 8.36. The van der Waals surface area contributed by atoms with Gasteiger partial charge in [-0.05, 0) is 0 Å². The first kappa shape index (κ1) is 12.0. The summed E-state index contributed by atoms with van der Waals surface area (Å²) in [5.41, 5.74) is 9.80. The number of amides is 4. The van der Waals surface area contributed by atoms with Crippen molar-refractivity contribution >= 4 is 23.6 Å². The second-order valence-corrected chi connectivity index (χ2v) is 3.46. The fourth-order valence-corrected chi connectivity index (χ4v) is 1.37. The SMILES string of the molecule is NC(=O)C[C@@H]1NC(=O)[C@@H](CC(N)=O)NC1=O. The van der Waals surface area contributed by atoms with Gasteiger partial charge in [0, 0.05) is 0 Å². The van der Waals surface area contributed by atoms with Crippen molar-refractivity contribution in [2.75, 3.05) is 0 Å². The molecule has 8 nitrogen and oxygen atoms in total. The van der Waals surface area contributed by atoms with Crippen LogP contribution in [0.3, 0.4) is 0 Å². The van der Waals surface area contributed by atoms with E-state index < -0.39 is 35.7 Å². The molecule has 0 bridgehead atoms. The molecule has 1 aliphatic heterocycles. The molecule has 0 aromatic heterocycles. The van der Waals surface area contributed by atoms with E-state index in [1.165, 1.54) is 0 Å². The monoisotopic (exact) mass is 228 g/mol. The Hall–Kier alpha value is -2.12. The van der Waals surface area contributed by atoms with E-state index in [4.69, 9.17) is 11.5 Å². The molecule has 88 valence electrons. The number of carbonyl (C=O) groups excluding carboxylic acids is 4. The van der Waals surface area contributed by atoms with E-state index in [1.807, 2.05) is 0 Å². The Balaban J connectivity index is 2.63. The number of piperazine rings is 1. The third-order valence-corrected chi connectivity index (χ3v) is 2.08. The first-order valence-corrected chi connectivity index (χ1v) is 4.57. The molecule has 1 fully saturated rings. The lowest BCUT2D eigenvalue weighted by Crippen LogP contribution is -2.62. The van der Waals surface area contributed by atoms with Crippen LogP contribution in [0.5, 0.6) is 0 Å². The van der Waals surface area contributed by atoms with Gasteiger partial charge in [0.05, 0.1) is 12.8 Å². The number of carbonyl (C=O) groups is 4. The molecule has 1 saturated heterocycles. The summed E-state index contributed by atoms with van der Waals surface area (Å²) >= 11 is 0. The van der Waals surface area contributed by atoms with Gasteiger partial charge >= 0.3 is 0 Å². The van der Waals surface area contributed by atoms with Crippen LogP contribution in [-0.4, -0.2) is 35.7 Å². The standard InChI is InChI=1S/C8H12N4O4/c9-5(13)1-3-7(15)12-4(2-6(10)14)8(16)11-3/h3-4H,1-2H2,(H2,9,13)(H2,10,14)(H,11,16)(H,12,15)/t3-,4+. The molecule has 0 spiro atoms. The minimum absolute atomic E-state index is 0.277. The highest BCUT2D eigenvalue weighted by atomic mass is 16.2. The number of nitrogens with two attached hydrogens (primary N) is 2. The Morgan fingerprint density at radius 1 is 0.938 bits per heavy atom. The summed E-state index contributed by atoms with van der Waals surface area (Å²) in [6, 6.07) is -1.96. The highest BCUT2D eigenvalue weighted by molar-refractivity contribution is 6.00. The van der Waals surface area contributed by atoms with Gasteiger partial charge in [0.2, 0.25) is 23.6 Å². The van der Waals surface area contributed by atoms with Crippen LogP contribution in [0.25, 0.3) is 0 Å². The molecular weight excluding hydrogens is 216 g/mol. The van der Waals surface area contributed by atoms with Gasteiger partial charge in [-0.25, -0.2) is 0 Å². The number of hydrogen-bond acceptors (Lipinski definition) is 4. The van der Waals surface area contributed by atoms with Crippen LogP contribution >= 0.6 is 0 Å². The Morgan fingerprint density at radius 3 is 1.50 bits per heavy atom. The molecule has 1 rings (SSSR count). The largest absolute Gasteiger partial charge is 0.370 e. The smallest absolute Gasteiger partial charge is 0.243 e. The lowest BCUT2D eigenvalue weighted by molar-refractivity contribution is -0.139. The van der Waals surface area contributed by atoms with Gasteiger partial charge in [0.25, 0.3) is 0 Å². The molecule has 0 saturated carbocycles. The molecule has 16 heavy (non-hydrogen) atoms. The first-order valence-electron chi connectivity index (χ1n) is 4.57. The van der Waals surface area contributed by atoms with Gasteiger partial charge in [0.1, 0.15) is 12.1 Å². The average molecular weight is 228 g/mol. The van der Waals surface area contributed by atoms with Crippen LogP contribution in [-0.2, 0) is 19.2 Å². The van der Waals surface area contributed by atoms with E-state index in [2.05, 4.69) is 10.6 Å². The second kappa shape index (κ2) is 4.60. The third kappa shape index (κ3) is 2.94. The maximum absolute atomic E-state index is 11.4. The summed E-state index contributed by atoms with van der Waals surface area (Å²) in [5.74, 6) is -2.50. The summed E-state index contributed by atoms with van der Waals surface area (Å²) in [5, 5.41) is 4.59. The first-order chi connectivity index (χ1) is 7.40. The van der Waals surface area contributed by atoms with Crippen molar-refractivity contribution in [2.45, 2.75) is 24.9 Å². The third-order valence-electron chi connectivity index (χ3n) is 2.08. The molecule has 0 aromatic rings. The number of nitrogens with one attached hydrogen (secondary N) is 2. The summed E-state index contributed by atoms with van der Waals surface area (Å²) in [4.78, 5) is 44.0. The minimum Gasteiger partial charge on any atom is -0.370 e. The maximum atomic E-state index is 11.4. The Labute approximate surface area is 90.7 Å². The Morgan fingerprint density at radius 2 is 1.25 bits per heavy atom. The molecule has 6 N–H and O–H groups in total. The second-order valence-electron chi connectivity index (χ2n) is 3.46. The van der Waals surface area contributed by atoms with Gasteiger partial charge in [-0.1, -0.05) is 0 Å². The van der Waals surface area contributed by atoms with Crippen molar-refractivity contribution < 1.29 is 19.2 Å². The molecule has 0 unspecified atom stereocenters. The highest BCUT2D eigenvalue weighted by Crippen LogP contribution is 2.03. The van der Waals surface area contributed by atoms with E-state index in [1.54, 1.807) is 0 Å². The van der Waals surface area contributed by atoms with Crippen LogP contribution in [0.4, 0.5) is 0 Å². The van der Waals surface area contributed by atoms with Crippen molar-refractivity contribution in [3.63, 3.8) is 0 Å². The summed E-state index contributed by atoms with van der Waals surface area (Å²) in [6.07, 6.45) is -0.554. The van der Waals surface area contributed by atoms with Crippen molar-refractivity contribution in [3.8, 4) is 0 Å². The number of rotatable bonds is 4. The van der Waals surface area contributed by atoms with E-state index in [9.17, 15) is 19.2 Å². The zero-order chi connectivity index (χ0) is 12.3. The van der Waals surface area contributed by atoms with Crippen molar-refractivity contribution in [1.82, 2.24) is 10.6 Å². The molecule has 2 atom stereocenters. The van der Waals surface area contributed by atoms with Gasteiger partial charge in [-0.3, -0.25) is 19.2 Å². The average Bonchev–Trinajstić information content (AvgIpc) is 2.11. The summed E-state index contributed by atoms with van der Waals surface area (Å²) in [6.45, 7) is 0. The fourth-order valence-electron chi connectivity index (χ4n) is 1.37. The normalized spacial score (nSPS) is 24.5. The van der Waals surface area contributed by atoms with E-state index in [0.717, 1.165) is 0 Å². The molecular formula is C8H12N4O4. The van der Waals surface area contributed by atoms with Crippen molar-refractivity contribution in [1.29, 1.82) is 0 Å². The number of hydrogen-bond donors (Lipinski definition) is 4. The van der Waals surface area contributed by atoms with Crippen molar-refractivity contribution in [2.24, 2.45) is 11.5 Å². The summed E-state index contributed by atoms with van der Waals surface area (Å²) in [7, 11) is 0. The Bertz CT molecular complexity index is 320. The minimum atomic E-state index is -0.978. The lowest BCUT2D eigenvalue weighted by atomic mass is 10.1. The molecule has 0 radical (unpaired) electrons. The molecule has 0 aliphatic carbocycles. The van der Waals surface area contributed by atoms with E-state index >= 15 is 0 Å². The van der Waals surface area contributed by atoms with E-state index in [0.29, 0.717) is 0 Å². The Kier molecular flexibility index (Phi) is 3.44. The van der Waals surface area contributed by atoms with Gasteiger partial charge in [-0.2, -0.15) is 0 Å². The van der Waals surface area contributed by atoms with Crippen LogP contribution in [0.15, 0.2) is 0 Å². The fraction of sp³-hybridized carbons (Fsp3) is 0.500. The lowest BCUT2D eigenvalue weighted by Gasteiger charge is -2.28. The maximum Gasteiger partial charge on any atom is 0.243 e. The van der Waals surface area contributed by atoms with Crippen LogP contribution < -0.4 is 22.1 Å². The molecule has 1 heterocycles. The van der Waals surface area contributed by atoms with Gasteiger partial charge in [-0.15, -0.1) is 0 Å². The predicted octanol–water partition coefficient (Wildman–Crippen LogP) is -3.28. The van der Waals surface area contributed by atoms with Crippen LogP contribution in [0.1, 0.15) is 12.8 Å². The topological polar surface area (TPSA) is 144 Å². The van der Waals surface area contributed by atoms with Gasteiger partial charge < -0.3 is 22.1 Å². The zero-order valence-corrected chi connectivity index (χ0v) is 8.36. The van der Waals surface area contributed by atoms with Crippen LogP contribution in [0, 0.1) is 0 Å². The molecule has 0 aromatic carbocycles. The van der Waals surface area contributed by atoms with Crippen LogP contribution in [0.2, 0.25) is 0 Å². The molecule has 4 amide bonds. The predicted molar refractivity (Wildman–Crippen MR) is 51.5 cm³/mol.